The van der Waals surface area contributed by atoms with E-state index in [4.69, 9.17) is 10.5 Å². The number of hydrogen-bond donors (Lipinski definition) is 2. The van der Waals surface area contributed by atoms with Crippen molar-refractivity contribution in [2.24, 2.45) is 0 Å². The molecule has 0 unspecified atom stereocenters. The van der Waals surface area contributed by atoms with Gasteiger partial charge in [-0.1, -0.05) is 17.8 Å². The van der Waals surface area contributed by atoms with E-state index in [9.17, 15) is 9.59 Å². The molecule has 2 rings (SSSR count). The van der Waals surface area contributed by atoms with E-state index in [1.807, 2.05) is 6.26 Å². The molecule has 1 aromatic heterocycles. The Morgan fingerprint density at radius 1 is 1.42 bits per heavy atom. The molecule has 7 nitrogen and oxygen atoms in total. The highest BCUT2D eigenvalue weighted by Crippen LogP contribution is 2.26. The lowest BCUT2D eigenvalue weighted by Gasteiger charge is -2.14. The molecule has 0 spiro atoms. The van der Waals surface area contributed by atoms with Gasteiger partial charge in [-0.15, -0.1) is 0 Å². The highest BCUT2D eigenvalue weighted by atomic mass is 32.2. The average Bonchev–Trinajstić information content (AvgIpc) is 2.55. The molecule has 0 saturated carbocycles. The maximum absolute atomic E-state index is 12.3. The summed E-state index contributed by atoms with van der Waals surface area (Å²) in [6.45, 7) is 1.92. The number of nitrogen functional groups attached to an aromatic ring is 1. The van der Waals surface area contributed by atoms with Crippen molar-refractivity contribution in [3.05, 3.63) is 35.5 Å². The number of esters is 1. The molecule has 0 fully saturated rings. The molecule has 8 heteroatoms. The van der Waals surface area contributed by atoms with Gasteiger partial charge in [0.2, 0.25) is 0 Å². The van der Waals surface area contributed by atoms with Gasteiger partial charge in [-0.3, -0.25) is 0 Å². The summed E-state index contributed by atoms with van der Waals surface area (Å²) in [7, 11) is 0. The van der Waals surface area contributed by atoms with Crippen LogP contribution in [0, 0.1) is 0 Å². The van der Waals surface area contributed by atoms with Gasteiger partial charge in [-0.2, -0.15) is 0 Å². The number of anilines is 3. The fraction of sp³-hybridized carbons (Fsp3) is 0.250. The van der Waals surface area contributed by atoms with E-state index >= 15 is 0 Å². The van der Waals surface area contributed by atoms with Crippen LogP contribution in [-0.2, 0) is 16.0 Å². The van der Waals surface area contributed by atoms with Crippen LogP contribution in [0.5, 0.6) is 0 Å². The third kappa shape index (κ3) is 4.23. The second-order valence-electron chi connectivity index (χ2n) is 4.72. The largest absolute Gasteiger partial charge is 0.462 e. The highest BCUT2D eigenvalue weighted by Gasteiger charge is 2.22. The lowest BCUT2D eigenvalue weighted by molar-refractivity contribution is -0.107. The molecule has 24 heavy (non-hydrogen) atoms. The van der Waals surface area contributed by atoms with Crippen molar-refractivity contribution in [1.82, 2.24) is 9.97 Å². The molecule has 1 aromatic carbocycles. The van der Waals surface area contributed by atoms with E-state index in [1.54, 1.807) is 31.2 Å². The molecule has 3 N–H and O–H groups in total. The second-order valence-corrected chi connectivity index (χ2v) is 5.50. The number of carbonyl (C=O) groups excluding carboxylic acids is 2. The number of rotatable bonds is 7. The van der Waals surface area contributed by atoms with E-state index in [1.165, 1.54) is 11.8 Å². The number of hydrogen-bond acceptors (Lipinski definition) is 8. The number of nitrogens with one attached hydrogen (secondary N) is 1. The van der Waals surface area contributed by atoms with Crippen molar-refractivity contribution in [2.75, 3.05) is 23.9 Å². The Bertz CT molecular complexity index is 752. The van der Waals surface area contributed by atoms with E-state index in [2.05, 4.69) is 15.3 Å². The summed E-state index contributed by atoms with van der Waals surface area (Å²) in [5, 5.41) is 3.52. The minimum absolute atomic E-state index is 0.00413. The lowest BCUT2D eigenvalue weighted by atomic mass is 10.1. The fourth-order valence-corrected chi connectivity index (χ4v) is 2.45. The van der Waals surface area contributed by atoms with Crippen molar-refractivity contribution in [3.63, 3.8) is 0 Å². The maximum atomic E-state index is 12.3. The molecular formula is C16H18N4O3S. The lowest BCUT2D eigenvalue weighted by Crippen LogP contribution is -2.15. The Labute approximate surface area is 144 Å². The molecule has 0 radical (unpaired) electrons. The molecule has 0 atom stereocenters. The Morgan fingerprint density at radius 2 is 2.21 bits per heavy atom. The zero-order chi connectivity index (χ0) is 17.5. The number of aromatic nitrogens is 2. The third-order valence-corrected chi connectivity index (χ3v) is 3.60. The summed E-state index contributed by atoms with van der Waals surface area (Å²) in [5.74, 6) is -0.288. The predicted octanol–water partition coefficient (Wildman–Crippen LogP) is 2.44. The number of benzene rings is 1. The predicted molar refractivity (Wildman–Crippen MR) is 93.7 cm³/mol. The van der Waals surface area contributed by atoms with Crippen LogP contribution < -0.4 is 11.1 Å². The fourth-order valence-electron chi connectivity index (χ4n) is 2.06. The van der Waals surface area contributed by atoms with Gasteiger partial charge in [0.15, 0.2) is 5.16 Å². The summed E-state index contributed by atoms with van der Waals surface area (Å²) in [5.41, 5.74) is 7.51. The van der Waals surface area contributed by atoms with E-state index in [0.717, 1.165) is 0 Å². The first-order valence-electron chi connectivity index (χ1n) is 7.27. The molecule has 1 heterocycles. The summed E-state index contributed by atoms with van der Waals surface area (Å²) < 4.78 is 5.08. The van der Waals surface area contributed by atoms with Gasteiger partial charge >= 0.3 is 5.97 Å². The van der Waals surface area contributed by atoms with Crippen molar-refractivity contribution in [1.29, 1.82) is 0 Å². The average molecular weight is 346 g/mol. The van der Waals surface area contributed by atoms with Gasteiger partial charge in [0, 0.05) is 17.8 Å². The van der Waals surface area contributed by atoms with E-state index in [-0.39, 0.29) is 24.4 Å². The summed E-state index contributed by atoms with van der Waals surface area (Å²) >= 11 is 1.32. The number of ether oxygens (including phenoxy) is 1. The highest BCUT2D eigenvalue weighted by molar-refractivity contribution is 7.98. The van der Waals surface area contributed by atoms with Crippen LogP contribution in [0.2, 0.25) is 0 Å². The molecule has 0 saturated heterocycles. The van der Waals surface area contributed by atoms with Crippen LogP contribution in [-0.4, -0.2) is 35.1 Å². The van der Waals surface area contributed by atoms with Gasteiger partial charge in [-0.05, 0) is 31.4 Å². The van der Waals surface area contributed by atoms with Crippen molar-refractivity contribution >= 4 is 41.2 Å². The van der Waals surface area contributed by atoms with Gasteiger partial charge in [0.05, 0.1) is 12.3 Å². The SMILES string of the molecule is CCOC(=O)c1c(CC=O)nc(SC)nc1Nc1cccc(N)c1. The number of aldehydes is 1. The standard InChI is InChI=1S/C16H18N4O3S/c1-3-23-15(22)13-12(7-8-21)19-16(24-2)20-14(13)18-11-6-4-5-10(17)9-11/h4-6,8-9H,3,7,17H2,1-2H3,(H,18,19,20). The molecule has 0 amide bonds. The van der Waals surface area contributed by atoms with Gasteiger partial charge in [0.1, 0.15) is 17.7 Å². The topological polar surface area (TPSA) is 107 Å². The first-order chi connectivity index (χ1) is 11.6. The first kappa shape index (κ1) is 17.7. The third-order valence-electron chi connectivity index (χ3n) is 3.05. The van der Waals surface area contributed by atoms with Crippen molar-refractivity contribution in [2.45, 2.75) is 18.5 Å². The first-order valence-corrected chi connectivity index (χ1v) is 8.49. The van der Waals surface area contributed by atoms with Crippen LogP contribution in [0.1, 0.15) is 23.0 Å². The monoisotopic (exact) mass is 346 g/mol. The van der Waals surface area contributed by atoms with Crippen LogP contribution in [0.15, 0.2) is 29.4 Å². The van der Waals surface area contributed by atoms with Gasteiger partial charge in [-0.25, -0.2) is 14.8 Å². The van der Waals surface area contributed by atoms with Gasteiger partial charge < -0.3 is 20.6 Å². The molecule has 0 aliphatic heterocycles. The Morgan fingerprint density at radius 3 is 2.83 bits per heavy atom. The van der Waals surface area contributed by atoms with Gasteiger partial charge in [0.25, 0.3) is 0 Å². The van der Waals surface area contributed by atoms with E-state index in [0.29, 0.717) is 28.5 Å². The minimum Gasteiger partial charge on any atom is -0.462 e. The molecule has 0 aliphatic rings. The Balaban J connectivity index is 2.54. The summed E-state index contributed by atoms with van der Waals surface area (Å²) in [4.78, 5) is 31.9. The second kappa shape index (κ2) is 8.30. The molecule has 126 valence electrons. The number of carbonyl (C=O) groups is 2. The van der Waals surface area contributed by atoms with E-state index < -0.39 is 5.97 Å². The Hall–Kier alpha value is -2.61. The quantitative estimate of drug-likeness (QED) is 0.259. The van der Waals surface area contributed by atoms with Crippen LogP contribution in [0.4, 0.5) is 17.2 Å². The zero-order valence-corrected chi connectivity index (χ0v) is 14.2. The van der Waals surface area contributed by atoms with Crippen molar-refractivity contribution in [3.8, 4) is 0 Å². The molecule has 0 aliphatic carbocycles. The minimum atomic E-state index is -0.576. The van der Waals surface area contributed by atoms with Crippen LogP contribution in [0.3, 0.4) is 0 Å². The molecule has 0 bridgehead atoms. The normalized spacial score (nSPS) is 10.2. The maximum Gasteiger partial charge on any atom is 0.343 e. The zero-order valence-electron chi connectivity index (χ0n) is 13.4. The van der Waals surface area contributed by atoms with Crippen LogP contribution >= 0.6 is 11.8 Å². The number of nitrogens with zero attached hydrogens (tertiary/aromatic N) is 2. The molecule has 2 aromatic rings. The Kier molecular flexibility index (Phi) is 6.14. The smallest absolute Gasteiger partial charge is 0.343 e. The summed E-state index contributed by atoms with van der Waals surface area (Å²) in [6, 6.07) is 7.05. The number of thioether (sulfide) groups is 1. The summed E-state index contributed by atoms with van der Waals surface area (Å²) in [6.07, 6.45) is 2.50. The van der Waals surface area contributed by atoms with Crippen molar-refractivity contribution < 1.29 is 14.3 Å². The van der Waals surface area contributed by atoms with Crippen LogP contribution in [0.25, 0.3) is 0 Å². The number of nitrogens with two attached hydrogens (primary N) is 1. The molecular weight excluding hydrogens is 328 g/mol.